The van der Waals surface area contributed by atoms with E-state index < -0.39 is 0 Å². The summed E-state index contributed by atoms with van der Waals surface area (Å²) in [4.78, 5) is 11.7. The monoisotopic (exact) mass is 234 g/mol. The highest BCUT2D eigenvalue weighted by Crippen LogP contribution is 2.15. The van der Waals surface area contributed by atoms with Gasteiger partial charge in [-0.05, 0) is 19.1 Å². The van der Waals surface area contributed by atoms with E-state index in [-0.39, 0.29) is 6.09 Å². The molecule has 0 spiro atoms. The molecule has 0 aliphatic rings. The van der Waals surface area contributed by atoms with E-state index in [0.717, 1.165) is 5.69 Å². The summed E-state index contributed by atoms with van der Waals surface area (Å²) in [7, 11) is 1.68. The molecule has 0 aliphatic heterocycles. The van der Waals surface area contributed by atoms with Crippen LogP contribution in [0.15, 0.2) is 43.0 Å². The van der Waals surface area contributed by atoms with Gasteiger partial charge in [0.05, 0.1) is 18.8 Å². The first kappa shape index (κ1) is 13.1. The van der Waals surface area contributed by atoms with Gasteiger partial charge in [0.2, 0.25) is 0 Å². The van der Waals surface area contributed by atoms with E-state index in [1.54, 1.807) is 25.1 Å². The smallest absolute Gasteiger partial charge is 0.428 e. The molecule has 0 fully saturated rings. The Morgan fingerprint density at radius 2 is 2.06 bits per heavy atom. The molecular formula is C13H18N2O2. The Morgan fingerprint density at radius 1 is 1.41 bits per heavy atom. The molecule has 0 N–H and O–H groups in total. The molecule has 0 atom stereocenters. The molecule has 0 heterocycles. The first-order valence-electron chi connectivity index (χ1n) is 5.54. The third-order valence-corrected chi connectivity index (χ3v) is 2.25. The normalized spacial score (nSPS) is 9.53. The van der Waals surface area contributed by atoms with Crippen molar-refractivity contribution in [3.05, 3.63) is 43.0 Å². The molecule has 0 radical (unpaired) electrons. The minimum Gasteiger partial charge on any atom is -0.448 e. The van der Waals surface area contributed by atoms with Crippen LogP contribution in [0, 0.1) is 0 Å². The summed E-state index contributed by atoms with van der Waals surface area (Å²) in [5.41, 5.74) is 0.919. The molecule has 0 bridgehead atoms. The summed E-state index contributed by atoms with van der Waals surface area (Å²) in [6.45, 7) is 6.38. The Kier molecular flexibility index (Phi) is 5.07. The van der Waals surface area contributed by atoms with E-state index in [1.807, 2.05) is 30.3 Å². The maximum absolute atomic E-state index is 11.7. The number of hydrogen-bond acceptors (Lipinski definition) is 3. The minimum absolute atomic E-state index is 0.361. The minimum atomic E-state index is -0.377. The van der Waals surface area contributed by atoms with Crippen molar-refractivity contribution < 1.29 is 9.53 Å². The molecule has 92 valence electrons. The summed E-state index contributed by atoms with van der Waals surface area (Å²) in [6.07, 6.45) is 1.36. The van der Waals surface area contributed by atoms with Gasteiger partial charge >= 0.3 is 6.09 Å². The van der Waals surface area contributed by atoms with Gasteiger partial charge in [0.25, 0.3) is 0 Å². The van der Waals surface area contributed by atoms with Gasteiger partial charge in [-0.3, -0.25) is 5.01 Å². The van der Waals surface area contributed by atoms with Crippen molar-refractivity contribution >= 4 is 11.8 Å². The van der Waals surface area contributed by atoms with Gasteiger partial charge in [0.15, 0.2) is 0 Å². The zero-order valence-corrected chi connectivity index (χ0v) is 10.3. The van der Waals surface area contributed by atoms with Gasteiger partial charge in [-0.15, -0.1) is 6.58 Å². The maximum Gasteiger partial charge on any atom is 0.428 e. The molecule has 1 amide bonds. The number of benzene rings is 1. The van der Waals surface area contributed by atoms with Crippen molar-refractivity contribution in [2.75, 3.05) is 25.2 Å². The molecule has 0 saturated heterocycles. The fraction of sp³-hybridized carbons (Fsp3) is 0.308. The van der Waals surface area contributed by atoms with Gasteiger partial charge < -0.3 is 4.74 Å². The lowest BCUT2D eigenvalue weighted by atomic mass is 10.3. The topological polar surface area (TPSA) is 32.8 Å². The standard InChI is InChI=1S/C13H18N2O2/c1-4-11-15(12-9-7-6-8-10-12)14(3)13(16)17-5-2/h4,6-10H,1,5,11H2,2-3H3. The van der Waals surface area contributed by atoms with E-state index in [2.05, 4.69) is 6.58 Å². The van der Waals surface area contributed by atoms with Crippen LogP contribution >= 0.6 is 0 Å². The van der Waals surface area contributed by atoms with Crippen LogP contribution in [0.3, 0.4) is 0 Å². The summed E-state index contributed by atoms with van der Waals surface area (Å²) in [5, 5.41) is 3.24. The molecule has 0 aromatic heterocycles. The number of amides is 1. The predicted octanol–water partition coefficient (Wildman–Crippen LogP) is 2.68. The van der Waals surface area contributed by atoms with Gasteiger partial charge in [0.1, 0.15) is 0 Å². The zero-order chi connectivity index (χ0) is 12.7. The highest BCUT2D eigenvalue weighted by Gasteiger charge is 2.17. The van der Waals surface area contributed by atoms with Crippen LogP contribution in [-0.4, -0.2) is 31.3 Å². The molecule has 4 heteroatoms. The van der Waals surface area contributed by atoms with Crippen molar-refractivity contribution in [2.24, 2.45) is 0 Å². The average Bonchev–Trinajstić information content (AvgIpc) is 2.36. The summed E-state index contributed by atoms with van der Waals surface area (Å²) < 4.78 is 4.96. The molecule has 0 unspecified atom stereocenters. The number of ether oxygens (including phenoxy) is 1. The van der Waals surface area contributed by atoms with E-state index in [1.165, 1.54) is 5.01 Å². The highest BCUT2D eigenvalue weighted by molar-refractivity contribution is 5.70. The van der Waals surface area contributed by atoms with Crippen molar-refractivity contribution in [1.82, 2.24) is 5.01 Å². The first-order valence-corrected chi connectivity index (χ1v) is 5.54. The second kappa shape index (κ2) is 6.58. The van der Waals surface area contributed by atoms with E-state index >= 15 is 0 Å². The summed E-state index contributed by atoms with van der Waals surface area (Å²) >= 11 is 0. The van der Waals surface area contributed by atoms with Crippen LogP contribution in [0.2, 0.25) is 0 Å². The molecule has 0 aliphatic carbocycles. The van der Waals surface area contributed by atoms with Gasteiger partial charge in [-0.2, -0.15) is 0 Å². The Bertz CT molecular complexity index is 365. The fourth-order valence-electron chi connectivity index (χ4n) is 1.44. The Labute approximate surface area is 102 Å². The SMILES string of the molecule is C=CCN(c1ccccc1)N(C)C(=O)OCC. The fourth-order valence-corrected chi connectivity index (χ4v) is 1.44. The molecule has 1 aromatic rings. The number of para-hydroxylation sites is 1. The number of carbonyl (C=O) groups excluding carboxylic acids is 1. The van der Waals surface area contributed by atoms with Crippen molar-refractivity contribution in [2.45, 2.75) is 6.92 Å². The van der Waals surface area contributed by atoms with Gasteiger partial charge in [-0.1, -0.05) is 24.3 Å². The second-order valence-corrected chi connectivity index (χ2v) is 3.43. The van der Waals surface area contributed by atoms with Crippen molar-refractivity contribution in [3.63, 3.8) is 0 Å². The van der Waals surface area contributed by atoms with Crippen molar-refractivity contribution in [1.29, 1.82) is 0 Å². The Morgan fingerprint density at radius 3 is 2.59 bits per heavy atom. The first-order chi connectivity index (χ1) is 8.20. The predicted molar refractivity (Wildman–Crippen MR) is 68.8 cm³/mol. The van der Waals surface area contributed by atoms with Crippen LogP contribution in [-0.2, 0) is 4.74 Å². The third-order valence-electron chi connectivity index (χ3n) is 2.25. The van der Waals surface area contributed by atoms with E-state index in [0.29, 0.717) is 13.2 Å². The molecule has 4 nitrogen and oxygen atoms in total. The number of nitrogens with zero attached hydrogens (tertiary/aromatic N) is 2. The maximum atomic E-state index is 11.7. The lowest BCUT2D eigenvalue weighted by Gasteiger charge is -2.31. The molecule has 0 saturated carbocycles. The van der Waals surface area contributed by atoms with Crippen LogP contribution in [0.1, 0.15) is 6.92 Å². The largest absolute Gasteiger partial charge is 0.448 e. The Hall–Kier alpha value is -1.97. The molecule has 1 aromatic carbocycles. The number of hydrazine groups is 1. The second-order valence-electron chi connectivity index (χ2n) is 3.43. The van der Waals surface area contributed by atoms with E-state index in [4.69, 9.17) is 4.74 Å². The lowest BCUT2D eigenvalue weighted by molar-refractivity contribution is 0.113. The van der Waals surface area contributed by atoms with Crippen LogP contribution in [0.25, 0.3) is 0 Å². The van der Waals surface area contributed by atoms with Gasteiger partial charge in [0, 0.05) is 7.05 Å². The van der Waals surface area contributed by atoms with Crippen LogP contribution < -0.4 is 5.01 Å². The average molecular weight is 234 g/mol. The molecule has 1 rings (SSSR count). The van der Waals surface area contributed by atoms with Gasteiger partial charge in [-0.25, -0.2) is 9.80 Å². The number of rotatable bonds is 5. The molecular weight excluding hydrogens is 216 g/mol. The van der Waals surface area contributed by atoms with E-state index in [9.17, 15) is 4.79 Å². The Balaban J connectivity index is 2.85. The zero-order valence-electron chi connectivity index (χ0n) is 10.3. The van der Waals surface area contributed by atoms with Crippen LogP contribution in [0.5, 0.6) is 0 Å². The number of hydrogen-bond donors (Lipinski definition) is 0. The number of anilines is 1. The third kappa shape index (κ3) is 3.52. The van der Waals surface area contributed by atoms with Crippen LogP contribution in [0.4, 0.5) is 10.5 Å². The highest BCUT2D eigenvalue weighted by atomic mass is 16.6. The summed E-state index contributed by atoms with van der Waals surface area (Å²) in [5.74, 6) is 0. The summed E-state index contributed by atoms with van der Waals surface area (Å²) in [6, 6.07) is 9.63. The lowest BCUT2D eigenvalue weighted by Crippen LogP contribution is -2.44. The quantitative estimate of drug-likeness (QED) is 0.580. The molecule has 17 heavy (non-hydrogen) atoms. The number of carbonyl (C=O) groups is 1. The van der Waals surface area contributed by atoms with Crippen molar-refractivity contribution in [3.8, 4) is 0 Å².